The number of carbonyl (C=O) groups is 3. The van der Waals surface area contributed by atoms with Crippen LogP contribution in [0.2, 0.25) is 5.02 Å². The van der Waals surface area contributed by atoms with Crippen LogP contribution in [0, 0.1) is 13.8 Å². The zero-order chi connectivity index (χ0) is 22.5. The van der Waals surface area contributed by atoms with Crippen molar-refractivity contribution in [1.29, 1.82) is 0 Å². The van der Waals surface area contributed by atoms with E-state index in [1.165, 1.54) is 19.3 Å². The van der Waals surface area contributed by atoms with Gasteiger partial charge >= 0.3 is 6.03 Å². The highest BCUT2D eigenvalue weighted by molar-refractivity contribution is 6.33. The Balaban J connectivity index is 1.71. The van der Waals surface area contributed by atoms with Gasteiger partial charge in [0.1, 0.15) is 24.5 Å². The Hall–Kier alpha value is -3.52. The molecular weight excluding hydrogens is 424 g/mol. The van der Waals surface area contributed by atoms with E-state index >= 15 is 0 Å². The molecule has 31 heavy (non-hydrogen) atoms. The minimum atomic E-state index is -0.866. The van der Waals surface area contributed by atoms with Crippen molar-refractivity contribution in [2.75, 3.05) is 20.3 Å². The molecule has 0 unspecified atom stereocenters. The number of halogens is 1. The standard InChI is InChI=1S/C22H21ClN2O6/c1-12-6-13(2)8-15(7-12)30-4-5-31-19-17(23)10-14(11-18(19)29-3)9-16-20(26)24-22(28)25-21(16)27/h6-11H,4-5H2,1-3H3,(H2,24,25,26,27,28). The van der Waals surface area contributed by atoms with Gasteiger partial charge in [-0.3, -0.25) is 20.2 Å². The molecule has 0 saturated carbocycles. The third kappa shape index (κ3) is 5.55. The fourth-order valence-corrected chi connectivity index (χ4v) is 3.33. The van der Waals surface area contributed by atoms with Crippen LogP contribution in [0.5, 0.6) is 17.2 Å². The molecule has 0 aromatic heterocycles. The number of imide groups is 2. The number of amides is 4. The summed E-state index contributed by atoms with van der Waals surface area (Å²) in [4.78, 5) is 35.0. The summed E-state index contributed by atoms with van der Waals surface area (Å²) >= 11 is 6.33. The van der Waals surface area contributed by atoms with Crippen LogP contribution < -0.4 is 24.8 Å². The van der Waals surface area contributed by atoms with E-state index in [-0.39, 0.29) is 17.2 Å². The van der Waals surface area contributed by atoms with Crippen LogP contribution in [0.1, 0.15) is 16.7 Å². The average molecular weight is 445 g/mol. The highest BCUT2D eigenvalue weighted by Gasteiger charge is 2.27. The summed E-state index contributed by atoms with van der Waals surface area (Å²) in [5, 5.41) is 4.24. The molecule has 1 aliphatic rings. The number of barbiturate groups is 1. The first kappa shape index (κ1) is 22.2. The first-order valence-corrected chi connectivity index (χ1v) is 9.74. The Kier molecular flexibility index (Phi) is 6.81. The minimum absolute atomic E-state index is 0.219. The number of ether oxygens (including phenoxy) is 3. The van der Waals surface area contributed by atoms with Crippen LogP contribution in [0.25, 0.3) is 6.08 Å². The SMILES string of the molecule is COc1cc(C=C2C(=O)NC(=O)NC2=O)cc(Cl)c1OCCOc1cc(C)cc(C)c1. The van der Waals surface area contributed by atoms with Gasteiger partial charge in [-0.2, -0.15) is 0 Å². The van der Waals surface area contributed by atoms with Crippen LogP contribution in [0.15, 0.2) is 35.9 Å². The van der Waals surface area contributed by atoms with Gasteiger partial charge < -0.3 is 14.2 Å². The van der Waals surface area contributed by atoms with Crippen LogP contribution in [-0.2, 0) is 9.59 Å². The summed E-state index contributed by atoms with van der Waals surface area (Å²) in [6.45, 7) is 4.51. The van der Waals surface area contributed by atoms with Crippen molar-refractivity contribution < 1.29 is 28.6 Å². The van der Waals surface area contributed by atoms with Gasteiger partial charge in [0.15, 0.2) is 11.5 Å². The normalized spacial score (nSPS) is 13.4. The molecule has 1 fully saturated rings. The number of aryl methyl sites for hydroxylation is 2. The molecule has 2 N–H and O–H groups in total. The molecule has 0 spiro atoms. The van der Waals surface area contributed by atoms with E-state index in [1.807, 2.05) is 36.6 Å². The van der Waals surface area contributed by atoms with Crippen molar-refractivity contribution in [2.24, 2.45) is 0 Å². The minimum Gasteiger partial charge on any atom is -0.493 e. The zero-order valence-corrected chi connectivity index (χ0v) is 18.0. The molecule has 1 heterocycles. The third-order valence-electron chi connectivity index (χ3n) is 4.30. The lowest BCUT2D eigenvalue weighted by Gasteiger charge is -2.16. The van der Waals surface area contributed by atoms with Gasteiger partial charge in [0, 0.05) is 0 Å². The molecule has 0 bridgehead atoms. The van der Waals surface area contributed by atoms with E-state index in [0.29, 0.717) is 23.7 Å². The lowest BCUT2D eigenvalue weighted by Crippen LogP contribution is -2.51. The average Bonchev–Trinajstić information content (AvgIpc) is 2.68. The zero-order valence-electron chi connectivity index (χ0n) is 17.2. The smallest absolute Gasteiger partial charge is 0.328 e. The maximum Gasteiger partial charge on any atom is 0.328 e. The molecule has 8 nitrogen and oxygen atoms in total. The third-order valence-corrected chi connectivity index (χ3v) is 4.58. The van der Waals surface area contributed by atoms with Crippen molar-refractivity contribution in [1.82, 2.24) is 10.6 Å². The number of rotatable bonds is 7. The fourth-order valence-electron chi connectivity index (χ4n) is 3.06. The number of benzene rings is 2. The Morgan fingerprint density at radius 3 is 2.13 bits per heavy atom. The molecule has 0 radical (unpaired) electrons. The first-order valence-electron chi connectivity index (χ1n) is 9.36. The maximum atomic E-state index is 11.9. The maximum absolute atomic E-state index is 11.9. The van der Waals surface area contributed by atoms with Crippen molar-refractivity contribution in [2.45, 2.75) is 13.8 Å². The van der Waals surface area contributed by atoms with E-state index in [4.69, 9.17) is 25.8 Å². The van der Waals surface area contributed by atoms with E-state index in [0.717, 1.165) is 16.9 Å². The number of methoxy groups -OCH3 is 1. The van der Waals surface area contributed by atoms with Crippen LogP contribution >= 0.6 is 11.6 Å². The molecule has 2 aromatic carbocycles. The van der Waals surface area contributed by atoms with Crippen LogP contribution in [0.4, 0.5) is 4.79 Å². The lowest BCUT2D eigenvalue weighted by molar-refractivity contribution is -0.123. The van der Waals surface area contributed by atoms with Gasteiger partial charge in [-0.25, -0.2) is 4.79 Å². The molecule has 1 aliphatic heterocycles. The second-order valence-corrected chi connectivity index (χ2v) is 7.26. The number of nitrogens with one attached hydrogen (secondary N) is 2. The molecule has 1 saturated heterocycles. The van der Waals surface area contributed by atoms with Crippen LogP contribution in [-0.4, -0.2) is 38.2 Å². The molecule has 162 valence electrons. The molecule has 4 amide bonds. The Morgan fingerprint density at radius 1 is 0.903 bits per heavy atom. The van der Waals surface area contributed by atoms with Crippen molar-refractivity contribution in [3.63, 3.8) is 0 Å². The predicted molar refractivity (Wildman–Crippen MR) is 115 cm³/mol. The number of hydrogen-bond acceptors (Lipinski definition) is 6. The van der Waals surface area contributed by atoms with E-state index in [2.05, 4.69) is 6.07 Å². The van der Waals surface area contributed by atoms with Gasteiger partial charge in [0.05, 0.1) is 12.1 Å². The van der Waals surface area contributed by atoms with E-state index < -0.39 is 17.8 Å². The Bertz CT molecular complexity index is 1040. The van der Waals surface area contributed by atoms with Crippen molar-refractivity contribution in [3.8, 4) is 17.2 Å². The summed E-state index contributed by atoms with van der Waals surface area (Å²) in [6, 6.07) is 8.16. The summed E-state index contributed by atoms with van der Waals surface area (Å²) in [5.41, 5.74) is 2.41. The van der Waals surface area contributed by atoms with E-state index in [9.17, 15) is 14.4 Å². The number of carbonyl (C=O) groups excluding carboxylic acids is 3. The molecule has 2 aromatic rings. The number of urea groups is 1. The summed E-state index contributed by atoms with van der Waals surface area (Å²) in [5.74, 6) is -0.217. The molecular formula is C22H21ClN2O6. The summed E-state index contributed by atoms with van der Waals surface area (Å²) < 4.78 is 16.8. The molecule has 0 atom stereocenters. The molecule has 3 rings (SSSR count). The summed E-state index contributed by atoms with van der Waals surface area (Å²) in [6.07, 6.45) is 1.30. The van der Waals surface area contributed by atoms with Crippen LogP contribution in [0.3, 0.4) is 0 Å². The second kappa shape index (κ2) is 9.53. The molecule has 9 heteroatoms. The van der Waals surface area contributed by atoms with E-state index in [1.54, 1.807) is 6.07 Å². The first-order chi connectivity index (χ1) is 14.8. The van der Waals surface area contributed by atoms with Gasteiger partial charge in [-0.15, -0.1) is 0 Å². The summed E-state index contributed by atoms with van der Waals surface area (Å²) in [7, 11) is 1.44. The highest BCUT2D eigenvalue weighted by Crippen LogP contribution is 2.37. The number of hydrogen-bond donors (Lipinski definition) is 2. The topological polar surface area (TPSA) is 103 Å². The van der Waals surface area contributed by atoms with Gasteiger partial charge in [-0.1, -0.05) is 17.7 Å². The molecule has 0 aliphatic carbocycles. The predicted octanol–water partition coefficient (Wildman–Crippen LogP) is 3.17. The Labute approximate surface area is 184 Å². The Morgan fingerprint density at radius 2 is 1.52 bits per heavy atom. The van der Waals surface area contributed by atoms with Crippen molar-refractivity contribution in [3.05, 3.63) is 57.6 Å². The van der Waals surface area contributed by atoms with Gasteiger partial charge in [0.2, 0.25) is 0 Å². The second-order valence-electron chi connectivity index (χ2n) is 6.85. The van der Waals surface area contributed by atoms with Gasteiger partial charge in [-0.05, 0) is 60.9 Å². The highest BCUT2D eigenvalue weighted by atomic mass is 35.5. The quantitative estimate of drug-likeness (QED) is 0.386. The largest absolute Gasteiger partial charge is 0.493 e. The van der Waals surface area contributed by atoms with Crippen molar-refractivity contribution >= 4 is 35.5 Å². The lowest BCUT2D eigenvalue weighted by atomic mass is 10.1. The fraction of sp³-hybridized carbons (Fsp3) is 0.227. The monoisotopic (exact) mass is 444 g/mol. The van der Waals surface area contributed by atoms with Gasteiger partial charge in [0.25, 0.3) is 11.8 Å².